The van der Waals surface area contributed by atoms with E-state index in [0.717, 1.165) is 5.56 Å². The van der Waals surface area contributed by atoms with Gasteiger partial charge in [0, 0.05) is 11.5 Å². The van der Waals surface area contributed by atoms with Gasteiger partial charge in [-0.3, -0.25) is 0 Å². The highest BCUT2D eigenvalue weighted by molar-refractivity contribution is 5.26. The molecule has 0 aliphatic carbocycles. The Kier molecular flexibility index (Phi) is 4.66. The molecule has 0 heterocycles. The van der Waals surface area contributed by atoms with Crippen LogP contribution < -0.4 is 5.73 Å². The van der Waals surface area contributed by atoms with Crippen molar-refractivity contribution in [3.8, 4) is 0 Å². The standard InChI is InChI=1S/C14H22FNO/c1-10(2)17-9-13(16)14(3,4)11-5-7-12(15)8-6-11/h5-8,10,13H,9,16H2,1-4H3. The van der Waals surface area contributed by atoms with Crippen LogP contribution in [0.25, 0.3) is 0 Å². The largest absolute Gasteiger partial charge is 0.377 e. The normalized spacial score (nSPS) is 14.1. The van der Waals surface area contributed by atoms with Gasteiger partial charge in [0.05, 0.1) is 12.7 Å². The van der Waals surface area contributed by atoms with Crippen LogP contribution in [0.1, 0.15) is 33.3 Å². The van der Waals surface area contributed by atoms with E-state index >= 15 is 0 Å². The lowest BCUT2D eigenvalue weighted by Gasteiger charge is -2.32. The summed E-state index contributed by atoms with van der Waals surface area (Å²) < 4.78 is 18.4. The van der Waals surface area contributed by atoms with Crippen molar-refractivity contribution >= 4 is 0 Å². The Labute approximate surface area is 103 Å². The molecule has 0 bridgehead atoms. The van der Waals surface area contributed by atoms with Crippen molar-refractivity contribution in [2.45, 2.75) is 45.3 Å². The maximum atomic E-state index is 12.9. The molecule has 0 fully saturated rings. The van der Waals surface area contributed by atoms with Crippen LogP contribution in [0.5, 0.6) is 0 Å². The Morgan fingerprint density at radius 1 is 1.24 bits per heavy atom. The third kappa shape index (κ3) is 3.79. The van der Waals surface area contributed by atoms with Crippen LogP contribution in [0.4, 0.5) is 4.39 Å². The van der Waals surface area contributed by atoms with E-state index in [1.807, 2.05) is 13.8 Å². The van der Waals surface area contributed by atoms with Crippen molar-refractivity contribution in [2.24, 2.45) is 5.73 Å². The molecule has 1 atom stereocenters. The van der Waals surface area contributed by atoms with Crippen LogP contribution in [-0.4, -0.2) is 18.8 Å². The zero-order chi connectivity index (χ0) is 13.1. The summed E-state index contributed by atoms with van der Waals surface area (Å²) in [6, 6.07) is 6.38. The third-order valence-electron chi connectivity index (χ3n) is 3.12. The van der Waals surface area contributed by atoms with Gasteiger partial charge in [-0.05, 0) is 31.5 Å². The number of ether oxygens (including phenoxy) is 1. The van der Waals surface area contributed by atoms with Crippen LogP contribution in [0.15, 0.2) is 24.3 Å². The van der Waals surface area contributed by atoms with E-state index in [1.54, 1.807) is 12.1 Å². The molecule has 2 nitrogen and oxygen atoms in total. The Morgan fingerprint density at radius 3 is 2.24 bits per heavy atom. The minimum absolute atomic E-state index is 0.115. The molecule has 0 aromatic heterocycles. The third-order valence-corrected chi connectivity index (χ3v) is 3.12. The van der Waals surface area contributed by atoms with Gasteiger partial charge in [-0.25, -0.2) is 4.39 Å². The van der Waals surface area contributed by atoms with E-state index in [0.29, 0.717) is 6.61 Å². The topological polar surface area (TPSA) is 35.2 Å². The first-order chi connectivity index (χ1) is 7.84. The summed E-state index contributed by atoms with van der Waals surface area (Å²) in [5.74, 6) is -0.225. The highest BCUT2D eigenvalue weighted by Gasteiger charge is 2.28. The molecule has 1 rings (SSSR count). The van der Waals surface area contributed by atoms with E-state index in [-0.39, 0.29) is 23.4 Å². The van der Waals surface area contributed by atoms with Gasteiger partial charge in [-0.15, -0.1) is 0 Å². The van der Waals surface area contributed by atoms with Crippen molar-refractivity contribution in [1.29, 1.82) is 0 Å². The molecule has 0 saturated carbocycles. The second kappa shape index (κ2) is 5.61. The quantitative estimate of drug-likeness (QED) is 0.857. The fourth-order valence-corrected chi connectivity index (χ4v) is 1.60. The molecular formula is C14H22FNO. The average Bonchev–Trinajstić information content (AvgIpc) is 2.26. The van der Waals surface area contributed by atoms with Gasteiger partial charge >= 0.3 is 0 Å². The molecule has 0 radical (unpaired) electrons. The predicted molar refractivity (Wildman–Crippen MR) is 68.5 cm³/mol. The smallest absolute Gasteiger partial charge is 0.123 e. The lowest BCUT2D eigenvalue weighted by Crippen LogP contribution is -2.44. The Bertz CT molecular complexity index is 346. The summed E-state index contributed by atoms with van der Waals surface area (Å²) in [4.78, 5) is 0. The molecule has 0 aliphatic heterocycles. The Hall–Kier alpha value is -0.930. The van der Waals surface area contributed by atoms with Crippen molar-refractivity contribution in [3.63, 3.8) is 0 Å². The molecule has 0 aliphatic rings. The minimum Gasteiger partial charge on any atom is -0.377 e. The average molecular weight is 239 g/mol. The van der Waals surface area contributed by atoms with Gasteiger partial charge in [-0.1, -0.05) is 26.0 Å². The first-order valence-electron chi connectivity index (χ1n) is 5.97. The van der Waals surface area contributed by atoms with Crippen molar-refractivity contribution < 1.29 is 9.13 Å². The maximum Gasteiger partial charge on any atom is 0.123 e. The lowest BCUT2D eigenvalue weighted by molar-refractivity contribution is 0.0555. The fraction of sp³-hybridized carbons (Fsp3) is 0.571. The number of nitrogens with two attached hydrogens (primary N) is 1. The van der Waals surface area contributed by atoms with Crippen molar-refractivity contribution in [3.05, 3.63) is 35.6 Å². The van der Waals surface area contributed by atoms with Gasteiger partial charge in [-0.2, -0.15) is 0 Å². The molecule has 2 N–H and O–H groups in total. The number of halogens is 1. The molecular weight excluding hydrogens is 217 g/mol. The van der Waals surface area contributed by atoms with Gasteiger partial charge in [0.15, 0.2) is 0 Å². The molecule has 1 unspecified atom stereocenters. The van der Waals surface area contributed by atoms with E-state index in [1.165, 1.54) is 12.1 Å². The van der Waals surface area contributed by atoms with Gasteiger partial charge < -0.3 is 10.5 Å². The highest BCUT2D eigenvalue weighted by atomic mass is 19.1. The Balaban J connectivity index is 2.75. The molecule has 3 heteroatoms. The van der Waals surface area contributed by atoms with Crippen LogP contribution in [0, 0.1) is 5.82 Å². The SMILES string of the molecule is CC(C)OCC(N)C(C)(C)c1ccc(F)cc1. The van der Waals surface area contributed by atoms with E-state index in [2.05, 4.69) is 13.8 Å². The van der Waals surface area contributed by atoms with Crippen molar-refractivity contribution in [1.82, 2.24) is 0 Å². The second-order valence-electron chi connectivity index (χ2n) is 5.22. The van der Waals surface area contributed by atoms with Crippen LogP contribution in [0.3, 0.4) is 0 Å². The van der Waals surface area contributed by atoms with Crippen molar-refractivity contribution in [2.75, 3.05) is 6.61 Å². The molecule has 0 saturated heterocycles. The molecule has 1 aromatic carbocycles. The molecule has 17 heavy (non-hydrogen) atoms. The zero-order valence-corrected chi connectivity index (χ0v) is 11.0. The number of hydrogen-bond donors (Lipinski definition) is 1. The molecule has 0 spiro atoms. The summed E-state index contributed by atoms with van der Waals surface area (Å²) in [7, 11) is 0. The van der Waals surface area contributed by atoms with Crippen LogP contribution in [0.2, 0.25) is 0 Å². The summed E-state index contributed by atoms with van der Waals surface area (Å²) >= 11 is 0. The maximum absolute atomic E-state index is 12.9. The fourth-order valence-electron chi connectivity index (χ4n) is 1.60. The van der Waals surface area contributed by atoms with Crippen LogP contribution >= 0.6 is 0 Å². The second-order valence-corrected chi connectivity index (χ2v) is 5.22. The summed E-state index contributed by atoms with van der Waals surface area (Å²) in [5.41, 5.74) is 6.94. The lowest BCUT2D eigenvalue weighted by atomic mass is 9.78. The zero-order valence-electron chi connectivity index (χ0n) is 11.0. The minimum atomic E-state index is -0.234. The summed E-state index contributed by atoms with van der Waals surface area (Å²) in [5, 5.41) is 0. The van der Waals surface area contributed by atoms with E-state index in [9.17, 15) is 4.39 Å². The summed E-state index contributed by atoms with van der Waals surface area (Å²) in [6.45, 7) is 8.57. The van der Waals surface area contributed by atoms with Gasteiger partial charge in [0.2, 0.25) is 0 Å². The monoisotopic (exact) mass is 239 g/mol. The first kappa shape index (κ1) is 14.1. The van der Waals surface area contributed by atoms with E-state index in [4.69, 9.17) is 10.5 Å². The predicted octanol–water partition coefficient (Wildman–Crippen LogP) is 2.86. The molecule has 1 aromatic rings. The van der Waals surface area contributed by atoms with Gasteiger partial charge in [0.1, 0.15) is 5.82 Å². The number of hydrogen-bond acceptors (Lipinski definition) is 2. The Morgan fingerprint density at radius 2 is 1.76 bits per heavy atom. The molecule has 96 valence electrons. The van der Waals surface area contributed by atoms with Crippen LogP contribution in [-0.2, 0) is 10.2 Å². The first-order valence-corrected chi connectivity index (χ1v) is 5.97. The highest BCUT2D eigenvalue weighted by Crippen LogP contribution is 2.26. The number of rotatable bonds is 5. The number of benzene rings is 1. The van der Waals surface area contributed by atoms with Gasteiger partial charge in [0.25, 0.3) is 0 Å². The van der Waals surface area contributed by atoms with E-state index < -0.39 is 0 Å². The summed E-state index contributed by atoms with van der Waals surface area (Å²) in [6.07, 6.45) is 0.171. The molecule has 0 amide bonds.